The maximum atomic E-state index is 12.9. The van der Waals surface area contributed by atoms with Gasteiger partial charge < -0.3 is 15.8 Å². The van der Waals surface area contributed by atoms with Gasteiger partial charge in [-0.2, -0.15) is 0 Å². The lowest BCUT2D eigenvalue weighted by Crippen LogP contribution is -2.50. The highest BCUT2D eigenvalue weighted by atomic mass is 16.6. The SMILES string of the molecule is COc1cc(N)c([N+](=O)[O-])cc1C(=O)N[C@H]1CCN(C2C3CCCC2CCC3)C1. The van der Waals surface area contributed by atoms with Crippen molar-refractivity contribution in [3.05, 3.63) is 27.8 Å². The highest BCUT2D eigenvalue weighted by Gasteiger charge is 2.42. The standard InChI is InChI=1S/C21H30N4O4/c1-29-19-11-17(22)18(25(27)28)10-16(19)21(26)23-15-8-9-24(12-15)20-13-4-2-5-14(20)7-3-6-13/h10-11,13-15,20H,2-9,12,22H2,1H3,(H,23,26)/t13?,14?,15-,20?/m0/s1. The highest BCUT2D eigenvalue weighted by molar-refractivity contribution is 5.98. The summed E-state index contributed by atoms with van der Waals surface area (Å²) in [7, 11) is 1.43. The fourth-order valence-electron chi connectivity index (χ4n) is 5.76. The number of carbonyl (C=O) groups is 1. The van der Waals surface area contributed by atoms with Crippen LogP contribution in [-0.2, 0) is 0 Å². The lowest BCUT2D eigenvalue weighted by Gasteiger charge is -2.47. The maximum absolute atomic E-state index is 12.9. The molecule has 2 aliphatic carbocycles. The summed E-state index contributed by atoms with van der Waals surface area (Å²) < 4.78 is 5.24. The Labute approximate surface area is 170 Å². The third-order valence-corrected chi connectivity index (χ3v) is 7.03. The van der Waals surface area contributed by atoms with E-state index in [2.05, 4.69) is 10.2 Å². The topological polar surface area (TPSA) is 111 Å². The molecule has 1 atom stereocenters. The Balaban J connectivity index is 1.45. The molecule has 8 nitrogen and oxygen atoms in total. The Hall–Kier alpha value is -2.35. The normalized spacial score (nSPS) is 29.4. The van der Waals surface area contributed by atoms with Gasteiger partial charge in [0, 0.05) is 37.3 Å². The zero-order valence-electron chi connectivity index (χ0n) is 16.9. The minimum absolute atomic E-state index is 0.0146. The van der Waals surface area contributed by atoms with Gasteiger partial charge in [0.25, 0.3) is 11.6 Å². The molecule has 1 amide bonds. The van der Waals surface area contributed by atoms with Gasteiger partial charge in [0.15, 0.2) is 0 Å². The van der Waals surface area contributed by atoms with Crippen molar-refractivity contribution in [1.29, 1.82) is 0 Å². The maximum Gasteiger partial charge on any atom is 0.293 e. The van der Waals surface area contributed by atoms with Gasteiger partial charge in [-0.25, -0.2) is 0 Å². The van der Waals surface area contributed by atoms with Gasteiger partial charge in [-0.3, -0.25) is 19.8 Å². The number of ether oxygens (including phenoxy) is 1. The number of methoxy groups -OCH3 is 1. The summed E-state index contributed by atoms with van der Waals surface area (Å²) in [6, 6.07) is 3.26. The third kappa shape index (κ3) is 3.90. The van der Waals surface area contributed by atoms with E-state index in [1.54, 1.807) is 0 Å². The zero-order chi connectivity index (χ0) is 20.5. The van der Waals surface area contributed by atoms with Crippen LogP contribution in [0.2, 0.25) is 0 Å². The number of nitrogens with two attached hydrogens (primary N) is 1. The molecular formula is C21H30N4O4. The molecule has 29 heavy (non-hydrogen) atoms. The molecule has 0 aromatic heterocycles. The van der Waals surface area contributed by atoms with E-state index in [4.69, 9.17) is 10.5 Å². The third-order valence-electron chi connectivity index (χ3n) is 7.03. The van der Waals surface area contributed by atoms with Crippen molar-refractivity contribution in [2.24, 2.45) is 11.8 Å². The van der Waals surface area contributed by atoms with Gasteiger partial charge in [0.1, 0.15) is 11.4 Å². The van der Waals surface area contributed by atoms with Gasteiger partial charge in [0.2, 0.25) is 0 Å². The number of benzene rings is 1. The van der Waals surface area contributed by atoms with Crippen molar-refractivity contribution in [2.45, 2.75) is 57.0 Å². The second-order valence-corrected chi connectivity index (χ2v) is 8.69. The van der Waals surface area contributed by atoms with Crippen LogP contribution in [0.3, 0.4) is 0 Å². The number of rotatable bonds is 5. The first-order valence-electron chi connectivity index (χ1n) is 10.6. The van der Waals surface area contributed by atoms with E-state index >= 15 is 0 Å². The number of fused-ring (bicyclic) bond motifs is 2. The molecule has 3 N–H and O–H groups in total. The van der Waals surface area contributed by atoms with Gasteiger partial charge in [-0.1, -0.05) is 12.8 Å². The summed E-state index contributed by atoms with van der Waals surface area (Å²) in [5.74, 6) is 1.51. The van der Waals surface area contributed by atoms with Crippen LogP contribution in [0.25, 0.3) is 0 Å². The van der Waals surface area contributed by atoms with Crippen LogP contribution >= 0.6 is 0 Å². The Bertz CT molecular complexity index is 777. The van der Waals surface area contributed by atoms with Crippen LogP contribution < -0.4 is 15.8 Å². The molecule has 1 aromatic rings. The average Bonchev–Trinajstić information content (AvgIpc) is 3.14. The molecule has 1 heterocycles. The van der Waals surface area contributed by atoms with Gasteiger partial charge in [-0.15, -0.1) is 0 Å². The number of nitrogens with zero attached hydrogens (tertiary/aromatic N) is 2. The van der Waals surface area contributed by atoms with E-state index < -0.39 is 4.92 Å². The molecule has 2 saturated carbocycles. The summed E-state index contributed by atoms with van der Waals surface area (Å²) in [4.78, 5) is 26.1. The fraction of sp³-hybridized carbons (Fsp3) is 0.667. The largest absolute Gasteiger partial charge is 0.496 e. The molecule has 1 aliphatic heterocycles. The van der Waals surface area contributed by atoms with Crippen LogP contribution in [0.4, 0.5) is 11.4 Å². The predicted octanol–water partition coefficient (Wildman–Crippen LogP) is 2.96. The van der Waals surface area contributed by atoms with E-state index in [1.165, 1.54) is 57.8 Å². The number of nitro groups is 1. The smallest absolute Gasteiger partial charge is 0.293 e. The molecule has 4 rings (SSSR count). The van der Waals surface area contributed by atoms with E-state index in [1.807, 2.05) is 0 Å². The molecule has 2 bridgehead atoms. The molecule has 0 spiro atoms. The first-order chi connectivity index (χ1) is 14.0. The van der Waals surface area contributed by atoms with Crippen LogP contribution in [-0.4, -0.2) is 48.0 Å². The summed E-state index contributed by atoms with van der Waals surface area (Å²) in [5.41, 5.74) is 5.58. The van der Waals surface area contributed by atoms with Crippen molar-refractivity contribution in [3.8, 4) is 5.75 Å². The quantitative estimate of drug-likeness (QED) is 0.445. The molecular weight excluding hydrogens is 372 g/mol. The van der Waals surface area contributed by atoms with Crippen LogP contribution in [0, 0.1) is 22.0 Å². The molecule has 3 fully saturated rings. The number of nitro benzene ring substituents is 1. The van der Waals surface area contributed by atoms with Crippen LogP contribution in [0.5, 0.6) is 5.75 Å². The summed E-state index contributed by atoms with van der Waals surface area (Å²) in [6.07, 6.45) is 8.95. The van der Waals surface area contributed by atoms with Crippen molar-refractivity contribution < 1.29 is 14.5 Å². The highest BCUT2D eigenvalue weighted by Crippen LogP contribution is 2.43. The molecule has 1 aromatic carbocycles. The van der Waals surface area contributed by atoms with Gasteiger partial charge in [0.05, 0.1) is 17.6 Å². The number of nitrogen functional groups attached to an aromatic ring is 1. The summed E-state index contributed by atoms with van der Waals surface area (Å²) in [6.45, 7) is 1.85. The Morgan fingerprint density at radius 1 is 1.21 bits per heavy atom. The summed E-state index contributed by atoms with van der Waals surface area (Å²) >= 11 is 0. The van der Waals surface area contributed by atoms with E-state index in [9.17, 15) is 14.9 Å². The Morgan fingerprint density at radius 3 is 2.45 bits per heavy atom. The molecule has 0 radical (unpaired) electrons. The minimum Gasteiger partial charge on any atom is -0.496 e. The number of nitrogens with one attached hydrogen (secondary N) is 1. The second-order valence-electron chi connectivity index (χ2n) is 8.69. The number of carbonyl (C=O) groups excluding carboxylic acids is 1. The van der Waals surface area contributed by atoms with Crippen LogP contribution in [0.15, 0.2) is 12.1 Å². The van der Waals surface area contributed by atoms with Crippen molar-refractivity contribution in [2.75, 3.05) is 25.9 Å². The molecule has 0 unspecified atom stereocenters. The zero-order valence-corrected chi connectivity index (χ0v) is 16.9. The number of amides is 1. The second kappa shape index (κ2) is 8.18. The average molecular weight is 402 g/mol. The van der Waals surface area contributed by atoms with E-state index in [0.717, 1.165) is 31.3 Å². The molecule has 158 valence electrons. The molecule has 3 aliphatic rings. The fourth-order valence-corrected chi connectivity index (χ4v) is 5.76. The number of hydrogen-bond donors (Lipinski definition) is 2. The van der Waals surface area contributed by atoms with Crippen molar-refractivity contribution in [3.63, 3.8) is 0 Å². The predicted molar refractivity (Wildman–Crippen MR) is 110 cm³/mol. The first-order valence-corrected chi connectivity index (χ1v) is 10.6. The molecule has 1 saturated heterocycles. The van der Waals surface area contributed by atoms with Crippen molar-refractivity contribution >= 4 is 17.3 Å². The number of anilines is 1. The monoisotopic (exact) mass is 402 g/mol. The minimum atomic E-state index is -0.579. The van der Waals surface area contributed by atoms with Crippen molar-refractivity contribution in [1.82, 2.24) is 10.2 Å². The first kappa shape index (κ1) is 19.9. The van der Waals surface area contributed by atoms with E-state index in [0.29, 0.717) is 6.04 Å². The Kier molecular flexibility index (Phi) is 5.63. The van der Waals surface area contributed by atoms with Gasteiger partial charge in [-0.05, 0) is 43.9 Å². The number of hydrogen-bond acceptors (Lipinski definition) is 6. The number of likely N-dealkylation sites (tertiary alicyclic amines) is 1. The van der Waals surface area contributed by atoms with Gasteiger partial charge >= 0.3 is 0 Å². The van der Waals surface area contributed by atoms with Crippen LogP contribution in [0.1, 0.15) is 55.3 Å². The lowest BCUT2D eigenvalue weighted by molar-refractivity contribution is -0.383. The Morgan fingerprint density at radius 2 is 1.86 bits per heavy atom. The molecule has 8 heteroatoms. The summed E-state index contributed by atoms with van der Waals surface area (Å²) in [5, 5.41) is 14.3. The van der Waals surface area contributed by atoms with E-state index in [-0.39, 0.29) is 34.6 Å². The lowest BCUT2D eigenvalue weighted by atomic mass is 9.68.